The molecule has 1 aromatic carbocycles. The highest BCUT2D eigenvalue weighted by molar-refractivity contribution is 5.33. The van der Waals surface area contributed by atoms with Crippen LogP contribution in [0.4, 0.5) is 8.78 Å². The molecule has 1 aromatic rings. The Morgan fingerprint density at radius 3 is 2.03 bits per heavy atom. The Bertz CT molecular complexity index is 712. The summed E-state index contributed by atoms with van der Waals surface area (Å²) in [6.45, 7) is 5.60. The first-order valence-electron chi connectivity index (χ1n) is 13.3. The Kier molecular flexibility index (Phi) is 8.48. The molecule has 0 aromatic heterocycles. The molecule has 0 N–H and O–H groups in total. The number of ether oxygens (including phenoxy) is 2. The Labute approximate surface area is 193 Å². The number of benzene rings is 1. The molecule has 180 valence electrons. The molecule has 0 spiro atoms. The van der Waals surface area contributed by atoms with Crippen molar-refractivity contribution in [2.45, 2.75) is 103 Å². The zero-order valence-electron chi connectivity index (χ0n) is 20.1. The maximum Gasteiger partial charge on any atom is 0.200 e. The predicted molar refractivity (Wildman–Crippen MR) is 125 cm³/mol. The number of hydrogen-bond acceptors (Lipinski definition) is 2. The van der Waals surface area contributed by atoms with Crippen LogP contribution in [0, 0.1) is 35.3 Å². The minimum absolute atomic E-state index is 0.0771. The molecule has 0 radical (unpaired) electrons. The van der Waals surface area contributed by atoms with Crippen LogP contribution in [0.15, 0.2) is 12.1 Å². The van der Waals surface area contributed by atoms with Gasteiger partial charge in [0.25, 0.3) is 0 Å². The lowest BCUT2D eigenvalue weighted by atomic mass is 9.69. The molecule has 4 rings (SSSR count). The van der Waals surface area contributed by atoms with Gasteiger partial charge >= 0.3 is 0 Å². The minimum Gasteiger partial charge on any atom is -0.490 e. The zero-order valence-corrected chi connectivity index (χ0v) is 20.1. The van der Waals surface area contributed by atoms with E-state index in [1.807, 2.05) is 6.92 Å². The second-order valence-corrected chi connectivity index (χ2v) is 10.8. The van der Waals surface area contributed by atoms with Crippen molar-refractivity contribution in [3.05, 3.63) is 29.3 Å². The normalized spacial score (nSPS) is 33.8. The van der Waals surface area contributed by atoms with Crippen LogP contribution in [0.2, 0.25) is 0 Å². The first kappa shape index (κ1) is 24.0. The second-order valence-electron chi connectivity index (χ2n) is 10.8. The topological polar surface area (TPSA) is 18.5 Å². The van der Waals surface area contributed by atoms with E-state index in [4.69, 9.17) is 9.47 Å². The number of hydrogen-bond donors (Lipinski definition) is 0. The van der Waals surface area contributed by atoms with Crippen molar-refractivity contribution < 1.29 is 18.3 Å². The van der Waals surface area contributed by atoms with E-state index in [1.54, 1.807) is 12.1 Å². The Hall–Kier alpha value is -1.16. The van der Waals surface area contributed by atoms with Gasteiger partial charge in [0.15, 0.2) is 11.6 Å². The average molecular weight is 449 g/mol. The van der Waals surface area contributed by atoms with Crippen LogP contribution in [-0.4, -0.2) is 19.3 Å². The summed E-state index contributed by atoms with van der Waals surface area (Å²) >= 11 is 0. The lowest BCUT2D eigenvalue weighted by Crippen LogP contribution is -2.27. The smallest absolute Gasteiger partial charge is 0.200 e. The zero-order chi connectivity index (χ0) is 22.5. The average Bonchev–Trinajstić information content (AvgIpc) is 2.82. The van der Waals surface area contributed by atoms with Gasteiger partial charge in [-0.05, 0) is 112 Å². The largest absolute Gasteiger partial charge is 0.490 e. The van der Waals surface area contributed by atoms with E-state index in [1.165, 1.54) is 38.5 Å². The lowest BCUT2D eigenvalue weighted by molar-refractivity contribution is 0.0325. The van der Waals surface area contributed by atoms with E-state index in [0.29, 0.717) is 24.7 Å². The highest BCUT2D eigenvalue weighted by Crippen LogP contribution is 2.42. The Morgan fingerprint density at radius 2 is 1.41 bits per heavy atom. The van der Waals surface area contributed by atoms with Crippen LogP contribution in [0.3, 0.4) is 0 Å². The fourth-order valence-electron chi connectivity index (χ4n) is 6.54. The van der Waals surface area contributed by atoms with E-state index < -0.39 is 11.6 Å². The predicted octanol–water partition coefficient (Wildman–Crippen LogP) is 8.04. The van der Waals surface area contributed by atoms with Gasteiger partial charge in [-0.1, -0.05) is 25.8 Å². The molecule has 2 nitrogen and oxygen atoms in total. The third kappa shape index (κ3) is 5.85. The van der Waals surface area contributed by atoms with E-state index in [9.17, 15) is 8.78 Å². The van der Waals surface area contributed by atoms with Gasteiger partial charge in [-0.2, -0.15) is 4.39 Å². The Morgan fingerprint density at radius 1 is 0.781 bits per heavy atom. The molecule has 4 heteroatoms. The van der Waals surface area contributed by atoms with Crippen LogP contribution in [-0.2, 0) is 4.74 Å². The van der Waals surface area contributed by atoms with Crippen LogP contribution >= 0.6 is 0 Å². The van der Waals surface area contributed by atoms with Crippen LogP contribution in [0.5, 0.6) is 5.75 Å². The van der Waals surface area contributed by atoms with Crippen LogP contribution in [0.25, 0.3) is 0 Å². The lowest BCUT2D eigenvalue weighted by Gasteiger charge is -2.37. The SMILES string of the molecule is CCOC1CCC(c2ccc(OCC3CCC(C4CCC(C)CC4)CC3)c(F)c2F)CC1. The first-order valence-corrected chi connectivity index (χ1v) is 13.3. The fraction of sp³-hybridized carbons (Fsp3) is 0.786. The molecule has 3 aliphatic rings. The van der Waals surface area contributed by atoms with Gasteiger partial charge in [-0.25, -0.2) is 4.39 Å². The van der Waals surface area contributed by atoms with E-state index in [0.717, 1.165) is 56.3 Å². The van der Waals surface area contributed by atoms with Gasteiger partial charge in [-0.15, -0.1) is 0 Å². The molecule has 3 fully saturated rings. The summed E-state index contributed by atoms with van der Waals surface area (Å²) in [4.78, 5) is 0. The molecular weight excluding hydrogens is 406 g/mol. The summed E-state index contributed by atoms with van der Waals surface area (Å²) < 4.78 is 41.1. The van der Waals surface area contributed by atoms with Gasteiger partial charge in [0.05, 0.1) is 12.7 Å². The molecule has 0 saturated heterocycles. The third-order valence-corrected chi connectivity index (χ3v) is 8.69. The molecule has 0 bridgehead atoms. The van der Waals surface area contributed by atoms with E-state index in [2.05, 4.69) is 6.92 Å². The molecule has 3 saturated carbocycles. The monoisotopic (exact) mass is 448 g/mol. The molecular formula is C28H42F2O2. The second kappa shape index (κ2) is 11.3. The summed E-state index contributed by atoms with van der Waals surface area (Å²) in [5, 5.41) is 0. The summed E-state index contributed by atoms with van der Waals surface area (Å²) in [6.07, 6.45) is 14.2. The maximum atomic E-state index is 14.9. The standard InChI is InChI=1S/C28H42F2O2/c1-3-31-24-14-12-23(13-15-24)25-16-17-26(28(30)27(25)29)32-18-20-6-10-22(11-7-20)21-8-4-19(2)5-9-21/h16-17,19-24H,3-15,18H2,1-2H3. The summed E-state index contributed by atoms with van der Waals surface area (Å²) in [6, 6.07) is 3.40. The van der Waals surface area contributed by atoms with E-state index >= 15 is 0 Å². The van der Waals surface area contributed by atoms with Crippen LogP contribution < -0.4 is 4.74 Å². The highest BCUT2D eigenvalue weighted by Gasteiger charge is 2.31. The van der Waals surface area contributed by atoms with Gasteiger partial charge < -0.3 is 9.47 Å². The summed E-state index contributed by atoms with van der Waals surface area (Å²) in [5.41, 5.74) is 0.507. The van der Waals surface area contributed by atoms with Crippen LogP contribution in [0.1, 0.15) is 102 Å². The van der Waals surface area contributed by atoms with Crippen molar-refractivity contribution >= 4 is 0 Å². The number of halogens is 2. The van der Waals surface area contributed by atoms with Gasteiger partial charge in [-0.3, -0.25) is 0 Å². The van der Waals surface area contributed by atoms with Crippen molar-refractivity contribution in [2.75, 3.05) is 13.2 Å². The van der Waals surface area contributed by atoms with Crippen molar-refractivity contribution in [3.8, 4) is 5.75 Å². The van der Waals surface area contributed by atoms with Gasteiger partial charge in [0.2, 0.25) is 5.82 Å². The van der Waals surface area contributed by atoms with Gasteiger partial charge in [0.1, 0.15) is 0 Å². The third-order valence-electron chi connectivity index (χ3n) is 8.69. The van der Waals surface area contributed by atoms with Crippen molar-refractivity contribution in [1.82, 2.24) is 0 Å². The molecule has 0 unspecified atom stereocenters. The fourth-order valence-corrected chi connectivity index (χ4v) is 6.54. The summed E-state index contributed by atoms with van der Waals surface area (Å²) in [5.74, 6) is 1.79. The quantitative estimate of drug-likeness (QED) is 0.420. The molecule has 0 atom stereocenters. The Balaban J connectivity index is 1.25. The molecule has 0 heterocycles. The van der Waals surface area contributed by atoms with Crippen molar-refractivity contribution in [1.29, 1.82) is 0 Å². The molecule has 0 aliphatic heterocycles. The van der Waals surface area contributed by atoms with Gasteiger partial charge in [0, 0.05) is 6.61 Å². The minimum atomic E-state index is -0.806. The molecule has 32 heavy (non-hydrogen) atoms. The first-order chi connectivity index (χ1) is 15.5. The highest BCUT2D eigenvalue weighted by atomic mass is 19.2. The van der Waals surface area contributed by atoms with Crippen molar-refractivity contribution in [3.63, 3.8) is 0 Å². The van der Waals surface area contributed by atoms with E-state index in [-0.39, 0.29) is 17.8 Å². The summed E-state index contributed by atoms with van der Waals surface area (Å²) in [7, 11) is 0. The molecule has 3 aliphatic carbocycles. The van der Waals surface area contributed by atoms with Crippen molar-refractivity contribution in [2.24, 2.45) is 23.7 Å². The molecule has 0 amide bonds. The maximum absolute atomic E-state index is 14.9. The number of rotatable bonds is 7.